The van der Waals surface area contributed by atoms with Crippen LogP contribution in [0.4, 0.5) is 0 Å². The Kier molecular flexibility index (Phi) is 3.62. The minimum absolute atomic E-state index is 0.0314. The first kappa shape index (κ1) is 14.6. The molecule has 0 radical (unpaired) electrons. The molecule has 1 fully saturated rings. The third-order valence-corrected chi connectivity index (χ3v) is 3.98. The predicted molar refractivity (Wildman–Crippen MR) is 79.0 cm³/mol. The van der Waals surface area contributed by atoms with E-state index in [1.54, 1.807) is 0 Å². The van der Waals surface area contributed by atoms with Crippen molar-refractivity contribution in [3.05, 3.63) is 35.1 Å². The third kappa shape index (κ3) is 2.35. The Morgan fingerprint density at radius 2 is 2.09 bits per heavy atom. The summed E-state index contributed by atoms with van der Waals surface area (Å²) in [6, 6.07) is 5.76. The first-order valence-corrected chi connectivity index (χ1v) is 7.11. The third-order valence-electron chi connectivity index (χ3n) is 3.98. The molecule has 0 spiro atoms. The van der Waals surface area contributed by atoms with Gasteiger partial charge in [0.1, 0.15) is 5.58 Å². The van der Waals surface area contributed by atoms with Crippen molar-refractivity contribution in [1.29, 1.82) is 0 Å². The molecule has 1 amide bonds. The fourth-order valence-corrected chi connectivity index (χ4v) is 2.71. The number of furan rings is 1. The van der Waals surface area contributed by atoms with Gasteiger partial charge in [-0.15, -0.1) is 0 Å². The van der Waals surface area contributed by atoms with Crippen LogP contribution >= 0.6 is 0 Å². The zero-order chi connectivity index (χ0) is 15.9. The van der Waals surface area contributed by atoms with Gasteiger partial charge < -0.3 is 19.2 Å². The first-order valence-electron chi connectivity index (χ1n) is 7.11. The predicted octanol–water partition coefficient (Wildman–Crippen LogP) is 1.98. The number of aryl methyl sites for hydroxylation is 2. The maximum absolute atomic E-state index is 12.7. The smallest absolute Gasteiger partial charge is 0.334 e. The fourth-order valence-electron chi connectivity index (χ4n) is 2.71. The summed E-state index contributed by atoms with van der Waals surface area (Å²) >= 11 is 0. The summed E-state index contributed by atoms with van der Waals surface area (Å²) in [5.74, 6) is -1.08. The maximum Gasteiger partial charge on any atom is 0.334 e. The molecule has 6 nitrogen and oxygen atoms in total. The van der Waals surface area contributed by atoms with Crippen molar-refractivity contribution in [1.82, 2.24) is 4.90 Å². The molecule has 1 atom stereocenters. The molecule has 0 bridgehead atoms. The average Bonchev–Trinajstić information content (AvgIpc) is 2.85. The lowest BCUT2D eigenvalue weighted by Gasteiger charge is -2.30. The SMILES string of the molecule is Cc1c(C(=O)N2CCO[C@H](C(=O)O)C2)oc2c(C)cccc12. The molecular formula is C16H17NO5. The Labute approximate surface area is 127 Å². The van der Waals surface area contributed by atoms with Gasteiger partial charge in [0, 0.05) is 17.5 Å². The number of hydrogen-bond donors (Lipinski definition) is 1. The summed E-state index contributed by atoms with van der Waals surface area (Å²) < 4.78 is 10.9. The summed E-state index contributed by atoms with van der Waals surface area (Å²) in [6.07, 6.45) is -0.982. The van der Waals surface area contributed by atoms with Crippen LogP contribution in [0.2, 0.25) is 0 Å². The summed E-state index contributed by atoms with van der Waals surface area (Å²) in [4.78, 5) is 25.2. The lowest BCUT2D eigenvalue weighted by Crippen LogP contribution is -2.48. The Hall–Kier alpha value is -2.34. The number of ether oxygens (including phenoxy) is 1. The molecule has 6 heteroatoms. The highest BCUT2D eigenvalue weighted by Gasteiger charge is 2.31. The number of fused-ring (bicyclic) bond motifs is 1. The Morgan fingerprint density at radius 3 is 2.77 bits per heavy atom. The zero-order valence-electron chi connectivity index (χ0n) is 12.5. The molecule has 1 aliphatic heterocycles. The van der Waals surface area contributed by atoms with Crippen molar-refractivity contribution in [2.24, 2.45) is 0 Å². The quantitative estimate of drug-likeness (QED) is 0.917. The molecule has 0 unspecified atom stereocenters. The van der Waals surface area contributed by atoms with E-state index in [-0.39, 0.29) is 24.8 Å². The summed E-state index contributed by atoms with van der Waals surface area (Å²) in [5, 5.41) is 9.94. The van der Waals surface area contributed by atoms with Crippen LogP contribution < -0.4 is 0 Å². The normalized spacial score (nSPS) is 18.6. The van der Waals surface area contributed by atoms with Crippen molar-refractivity contribution in [3.63, 3.8) is 0 Å². The molecule has 3 rings (SSSR count). The Balaban J connectivity index is 1.94. The van der Waals surface area contributed by atoms with E-state index < -0.39 is 12.1 Å². The van der Waals surface area contributed by atoms with Gasteiger partial charge in [0.25, 0.3) is 5.91 Å². The van der Waals surface area contributed by atoms with Gasteiger partial charge in [-0.2, -0.15) is 0 Å². The number of carboxylic acid groups (broad SMARTS) is 1. The molecule has 2 heterocycles. The van der Waals surface area contributed by atoms with E-state index in [2.05, 4.69) is 0 Å². The van der Waals surface area contributed by atoms with Crippen LogP contribution in [0.3, 0.4) is 0 Å². The highest BCUT2D eigenvalue weighted by atomic mass is 16.5. The Bertz CT molecular complexity index is 748. The number of hydrogen-bond acceptors (Lipinski definition) is 4. The summed E-state index contributed by atoms with van der Waals surface area (Å²) in [7, 11) is 0. The van der Waals surface area contributed by atoms with Crippen LogP contribution in [0.1, 0.15) is 21.7 Å². The molecule has 0 aliphatic carbocycles. The van der Waals surface area contributed by atoms with Gasteiger partial charge in [-0.1, -0.05) is 18.2 Å². The highest BCUT2D eigenvalue weighted by molar-refractivity contribution is 5.99. The topological polar surface area (TPSA) is 80.0 Å². The van der Waals surface area contributed by atoms with E-state index in [9.17, 15) is 9.59 Å². The number of benzene rings is 1. The number of aliphatic carboxylic acids is 1. The van der Waals surface area contributed by atoms with Crippen molar-refractivity contribution >= 4 is 22.8 Å². The van der Waals surface area contributed by atoms with E-state index in [1.165, 1.54) is 4.90 Å². The van der Waals surface area contributed by atoms with Crippen molar-refractivity contribution in [2.45, 2.75) is 20.0 Å². The van der Waals surface area contributed by atoms with E-state index >= 15 is 0 Å². The summed E-state index contributed by atoms with van der Waals surface area (Å²) in [6.45, 7) is 4.37. The molecule has 22 heavy (non-hydrogen) atoms. The maximum atomic E-state index is 12.7. The molecule has 1 aromatic heterocycles. The monoisotopic (exact) mass is 303 g/mol. The summed E-state index contributed by atoms with van der Waals surface area (Å²) in [5.41, 5.74) is 2.44. The lowest BCUT2D eigenvalue weighted by molar-refractivity contribution is -0.154. The van der Waals surface area contributed by atoms with Gasteiger partial charge in [0.15, 0.2) is 11.9 Å². The van der Waals surface area contributed by atoms with Crippen molar-refractivity contribution in [2.75, 3.05) is 19.7 Å². The molecule has 116 valence electrons. The van der Waals surface area contributed by atoms with Gasteiger partial charge in [-0.25, -0.2) is 4.79 Å². The van der Waals surface area contributed by atoms with Crippen LogP contribution in [0.15, 0.2) is 22.6 Å². The fraction of sp³-hybridized carbons (Fsp3) is 0.375. The molecule has 1 aliphatic rings. The van der Waals surface area contributed by atoms with E-state index in [0.29, 0.717) is 12.1 Å². The van der Waals surface area contributed by atoms with Gasteiger partial charge in [-0.05, 0) is 19.4 Å². The second-order valence-corrected chi connectivity index (χ2v) is 5.46. The standard InChI is InChI=1S/C16H17NO5/c1-9-4-3-5-11-10(2)14(22-13(9)11)15(18)17-6-7-21-12(8-17)16(19)20/h3-5,12H,6-8H2,1-2H3,(H,19,20)/t12-/m0/s1. The van der Waals surface area contributed by atoms with Gasteiger partial charge >= 0.3 is 5.97 Å². The largest absolute Gasteiger partial charge is 0.479 e. The number of nitrogens with zero attached hydrogens (tertiary/aromatic N) is 1. The molecule has 1 aromatic carbocycles. The Morgan fingerprint density at radius 1 is 1.32 bits per heavy atom. The van der Waals surface area contributed by atoms with Crippen LogP contribution in [0.5, 0.6) is 0 Å². The van der Waals surface area contributed by atoms with Gasteiger partial charge in [0.05, 0.1) is 13.2 Å². The molecular weight excluding hydrogens is 286 g/mol. The average molecular weight is 303 g/mol. The van der Waals surface area contributed by atoms with E-state index in [4.69, 9.17) is 14.3 Å². The van der Waals surface area contributed by atoms with Crippen LogP contribution in [0, 0.1) is 13.8 Å². The van der Waals surface area contributed by atoms with Gasteiger partial charge in [-0.3, -0.25) is 4.79 Å². The number of carbonyl (C=O) groups excluding carboxylic acids is 1. The molecule has 0 saturated carbocycles. The highest BCUT2D eigenvalue weighted by Crippen LogP contribution is 2.28. The second kappa shape index (κ2) is 5.46. The molecule has 2 aromatic rings. The lowest BCUT2D eigenvalue weighted by atomic mass is 10.1. The van der Waals surface area contributed by atoms with E-state index in [1.807, 2.05) is 32.0 Å². The number of rotatable bonds is 2. The number of para-hydroxylation sites is 1. The van der Waals surface area contributed by atoms with Crippen molar-refractivity contribution < 1.29 is 23.8 Å². The minimum atomic E-state index is -1.06. The zero-order valence-corrected chi connectivity index (χ0v) is 12.5. The van der Waals surface area contributed by atoms with Crippen LogP contribution in [0.25, 0.3) is 11.0 Å². The van der Waals surface area contributed by atoms with Crippen molar-refractivity contribution in [3.8, 4) is 0 Å². The molecule has 1 N–H and O–H groups in total. The first-order chi connectivity index (χ1) is 10.5. The number of morpholine rings is 1. The van der Waals surface area contributed by atoms with E-state index in [0.717, 1.165) is 16.5 Å². The number of carbonyl (C=O) groups is 2. The van der Waals surface area contributed by atoms with Gasteiger partial charge in [0.2, 0.25) is 0 Å². The minimum Gasteiger partial charge on any atom is -0.479 e. The molecule has 1 saturated heterocycles. The van der Waals surface area contributed by atoms with Crippen LogP contribution in [-0.4, -0.2) is 47.7 Å². The second-order valence-electron chi connectivity index (χ2n) is 5.46. The van der Waals surface area contributed by atoms with Crippen LogP contribution in [-0.2, 0) is 9.53 Å². The number of carboxylic acids is 1. The number of amides is 1.